The number of carbonyl (C=O) groups is 2. The van der Waals surface area contributed by atoms with E-state index in [1.807, 2.05) is 0 Å². The predicted octanol–water partition coefficient (Wildman–Crippen LogP) is -0.805. The summed E-state index contributed by atoms with van der Waals surface area (Å²) in [4.78, 5) is 23.9. The number of carbonyl (C=O) groups excluding carboxylic acids is 1. The maximum Gasteiger partial charge on any atom is 0.326 e. The zero-order valence-corrected chi connectivity index (χ0v) is 7.51. The van der Waals surface area contributed by atoms with Gasteiger partial charge in [0.15, 0.2) is 0 Å². The lowest BCUT2D eigenvalue weighted by Crippen LogP contribution is -2.44. The van der Waals surface area contributed by atoms with Crippen LogP contribution in [0.5, 0.6) is 0 Å². The van der Waals surface area contributed by atoms with E-state index in [4.69, 9.17) is 5.11 Å². The largest absolute Gasteiger partial charge is 0.480 e. The molecule has 4 atom stereocenters. The minimum Gasteiger partial charge on any atom is -0.480 e. The molecule has 1 amide bonds. The molecule has 2 N–H and O–H groups in total. The van der Waals surface area contributed by atoms with Gasteiger partial charge in [-0.3, -0.25) is 4.79 Å². The highest BCUT2D eigenvalue weighted by Crippen LogP contribution is 2.63. The lowest BCUT2D eigenvalue weighted by atomic mass is 10.1. The molecule has 1 saturated carbocycles. The van der Waals surface area contributed by atoms with Gasteiger partial charge in [0.25, 0.3) is 5.91 Å². The molecular weight excluding hydrogens is 186 g/mol. The Bertz CT molecular complexity index is 342. The Kier molecular flexibility index (Phi) is 1.24. The standard InChI is InChI=1S/C9H11NO4/c11-6-3-9-2-4(9)1-5(8(13)14)10(9)7(6)12/h4-6,11H,1-3H2,(H,13,14). The Labute approximate surface area is 80.3 Å². The molecule has 2 heterocycles. The first kappa shape index (κ1) is 8.23. The van der Waals surface area contributed by atoms with Crippen molar-refractivity contribution in [3.8, 4) is 0 Å². The van der Waals surface area contributed by atoms with E-state index in [2.05, 4.69) is 0 Å². The van der Waals surface area contributed by atoms with Crippen molar-refractivity contribution in [2.75, 3.05) is 0 Å². The fraction of sp³-hybridized carbons (Fsp3) is 0.778. The van der Waals surface area contributed by atoms with Gasteiger partial charge in [0.1, 0.15) is 12.1 Å². The molecule has 0 aromatic rings. The number of nitrogens with zero attached hydrogens (tertiary/aromatic N) is 1. The monoisotopic (exact) mass is 197 g/mol. The Balaban J connectivity index is 1.98. The van der Waals surface area contributed by atoms with Crippen LogP contribution < -0.4 is 0 Å². The summed E-state index contributed by atoms with van der Waals surface area (Å²) in [6, 6.07) is -0.696. The number of aliphatic hydroxyl groups is 1. The lowest BCUT2D eigenvalue weighted by Gasteiger charge is -2.24. The number of carboxylic acid groups (broad SMARTS) is 1. The number of carboxylic acids is 1. The molecule has 1 aliphatic carbocycles. The number of hydrogen-bond acceptors (Lipinski definition) is 3. The van der Waals surface area contributed by atoms with E-state index in [0.29, 0.717) is 18.8 Å². The van der Waals surface area contributed by atoms with Crippen LogP contribution in [0.4, 0.5) is 0 Å². The number of rotatable bonds is 1. The van der Waals surface area contributed by atoms with Crippen LogP contribution in [0.3, 0.4) is 0 Å². The molecule has 2 aliphatic heterocycles. The molecule has 3 rings (SSSR count). The fourth-order valence-corrected chi connectivity index (χ4v) is 3.17. The third kappa shape index (κ3) is 0.706. The van der Waals surface area contributed by atoms with Gasteiger partial charge in [-0.1, -0.05) is 0 Å². The van der Waals surface area contributed by atoms with Crippen molar-refractivity contribution in [1.29, 1.82) is 0 Å². The zero-order chi connectivity index (χ0) is 10.1. The second-order valence-corrected chi connectivity index (χ2v) is 4.52. The van der Waals surface area contributed by atoms with Crippen molar-refractivity contribution in [3.05, 3.63) is 0 Å². The highest BCUT2D eigenvalue weighted by atomic mass is 16.4. The Morgan fingerprint density at radius 3 is 2.86 bits per heavy atom. The Morgan fingerprint density at radius 2 is 2.21 bits per heavy atom. The average molecular weight is 197 g/mol. The summed E-state index contributed by atoms with van der Waals surface area (Å²) in [5.74, 6) is -1.03. The van der Waals surface area contributed by atoms with Gasteiger partial charge in [-0.2, -0.15) is 0 Å². The van der Waals surface area contributed by atoms with E-state index < -0.39 is 24.0 Å². The molecule has 0 aromatic carbocycles. The van der Waals surface area contributed by atoms with Crippen LogP contribution in [0, 0.1) is 5.92 Å². The van der Waals surface area contributed by atoms with Crippen LogP contribution in [0.25, 0.3) is 0 Å². The van der Waals surface area contributed by atoms with E-state index in [-0.39, 0.29) is 5.54 Å². The highest BCUT2D eigenvalue weighted by molar-refractivity contribution is 5.91. The summed E-state index contributed by atoms with van der Waals surface area (Å²) < 4.78 is 0. The second-order valence-electron chi connectivity index (χ2n) is 4.52. The number of hydrogen-bond donors (Lipinski definition) is 2. The van der Waals surface area contributed by atoms with Gasteiger partial charge >= 0.3 is 5.97 Å². The Hall–Kier alpha value is -1.10. The molecular formula is C9H11NO4. The molecule has 0 aromatic heterocycles. The van der Waals surface area contributed by atoms with E-state index in [0.717, 1.165) is 6.42 Å². The number of amides is 1. The summed E-state index contributed by atoms with van der Waals surface area (Å²) in [6.07, 6.45) is 0.898. The van der Waals surface area contributed by atoms with Crippen molar-refractivity contribution in [1.82, 2.24) is 4.90 Å². The summed E-state index contributed by atoms with van der Waals surface area (Å²) >= 11 is 0. The minimum absolute atomic E-state index is 0.278. The van der Waals surface area contributed by atoms with Gasteiger partial charge in [0, 0.05) is 6.42 Å². The Morgan fingerprint density at radius 1 is 1.50 bits per heavy atom. The van der Waals surface area contributed by atoms with Gasteiger partial charge in [0.05, 0.1) is 5.54 Å². The summed E-state index contributed by atoms with van der Waals surface area (Å²) in [5, 5.41) is 18.3. The smallest absolute Gasteiger partial charge is 0.326 e. The van der Waals surface area contributed by atoms with Gasteiger partial charge < -0.3 is 15.1 Å². The molecule has 4 unspecified atom stereocenters. The molecule has 14 heavy (non-hydrogen) atoms. The molecule has 2 saturated heterocycles. The number of aliphatic carboxylic acids is 1. The van der Waals surface area contributed by atoms with E-state index >= 15 is 0 Å². The molecule has 1 spiro atoms. The van der Waals surface area contributed by atoms with E-state index in [1.165, 1.54) is 4.90 Å². The fourth-order valence-electron chi connectivity index (χ4n) is 3.17. The second kappa shape index (κ2) is 2.11. The van der Waals surface area contributed by atoms with Crippen molar-refractivity contribution >= 4 is 11.9 Å². The first-order valence-corrected chi connectivity index (χ1v) is 4.80. The number of piperidine rings is 1. The summed E-state index contributed by atoms with van der Waals surface area (Å²) in [5.41, 5.74) is -0.278. The average Bonchev–Trinajstić information content (AvgIpc) is 2.59. The van der Waals surface area contributed by atoms with Crippen LogP contribution in [0.2, 0.25) is 0 Å². The highest BCUT2D eigenvalue weighted by Gasteiger charge is 2.72. The molecule has 76 valence electrons. The lowest BCUT2D eigenvalue weighted by molar-refractivity contribution is -0.150. The normalized spacial score (nSPS) is 49.1. The first-order chi connectivity index (χ1) is 6.56. The van der Waals surface area contributed by atoms with Crippen molar-refractivity contribution in [2.45, 2.75) is 36.9 Å². The SMILES string of the molecule is O=C(O)C1CC2CC23CC(O)C(=O)N13. The summed E-state index contributed by atoms with van der Waals surface area (Å²) in [6.45, 7) is 0. The van der Waals surface area contributed by atoms with Crippen LogP contribution in [0.1, 0.15) is 19.3 Å². The predicted molar refractivity (Wildman–Crippen MR) is 44.3 cm³/mol. The van der Waals surface area contributed by atoms with E-state index in [1.54, 1.807) is 0 Å². The molecule has 5 nitrogen and oxygen atoms in total. The molecule has 3 fully saturated rings. The maximum atomic E-state index is 11.5. The quantitative estimate of drug-likeness (QED) is 0.576. The van der Waals surface area contributed by atoms with Gasteiger partial charge in [0.2, 0.25) is 0 Å². The van der Waals surface area contributed by atoms with Crippen molar-refractivity contribution in [2.24, 2.45) is 5.92 Å². The first-order valence-electron chi connectivity index (χ1n) is 4.80. The molecule has 3 aliphatic rings. The molecule has 5 heteroatoms. The molecule has 0 bridgehead atoms. The van der Waals surface area contributed by atoms with Gasteiger partial charge in [-0.05, 0) is 18.8 Å². The minimum atomic E-state index is -0.970. The molecule has 0 radical (unpaired) electrons. The topological polar surface area (TPSA) is 77.8 Å². The zero-order valence-electron chi connectivity index (χ0n) is 7.51. The number of aliphatic hydroxyl groups excluding tert-OH is 1. The van der Waals surface area contributed by atoms with Crippen molar-refractivity contribution in [3.63, 3.8) is 0 Å². The van der Waals surface area contributed by atoms with Crippen LogP contribution >= 0.6 is 0 Å². The van der Waals surface area contributed by atoms with E-state index in [9.17, 15) is 14.7 Å². The maximum absolute atomic E-state index is 11.5. The van der Waals surface area contributed by atoms with Gasteiger partial charge in [-0.25, -0.2) is 4.79 Å². The third-order valence-corrected chi connectivity index (χ3v) is 3.85. The van der Waals surface area contributed by atoms with Gasteiger partial charge in [-0.15, -0.1) is 0 Å². The van der Waals surface area contributed by atoms with Crippen LogP contribution in [0.15, 0.2) is 0 Å². The van der Waals surface area contributed by atoms with Crippen LogP contribution in [-0.4, -0.2) is 44.7 Å². The van der Waals surface area contributed by atoms with Crippen molar-refractivity contribution < 1.29 is 19.8 Å². The third-order valence-electron chi connectivity index (χ3n) is 3.85. The summed E-state index contributed by atoms with van der Waals surface area (Å²) in [7, 11) is 0. The van der Waals surface area contributed by atoms with Crippen LogP contribution in [-0.2, 0) is 9.59 Å².